The second kappa shape index (κ2) is 3.94. The standard InChI is InChI=1S/C7H2BrF3N2O2/c8-3-1-5(15-7(9,10)11)6(14)13-4(3)2-12/h1H,(H,13,14). The van der Waals surface area contributed by atoms with E-state index in [0.717, 1.165) is 6.07 Å². The first kappa shape index (κ1) is 11.6. The molecule has 1 N–H and O–H groups in total. The monoisotopic (exact) mass is 282 g/mol. The van der Waals surface area contributed by atoms with Crippen molar-refractivity contribution >= 4 is 15.9 Å². The fraction of sp³-hybridized carbons (Fsp3) is 0.143. The summed E-state index contributed by atoms with van der Waals surface area (Å²) in [5.74, 6) is -0.923. The number of ether oxygens (including phenoxy) is 1. The third-order valence-electron chi connectivity index (χ3n) is 1.30. The van der Waals surface area contributed by atoms with Gasteiger partial charge >= 0.3 is 6.36 Å². The van der Waals surface area contributed by atoms with Crippen LogP contribution >= 0.6 is 15.9 Å². The molecular formula is C7H2BrF3N2O2. The van der Waals surface area contributed by atoms with Crippen molar-refractivity contribution in [2.45, 2.75) is 6.36 Å². The van der Waals surface area contributed by atoms with Crippen LogP contribution in [0.1, 0.15) is 5.69 Å². The van der Waals surface area contributed by atoms with Crippen molar-refractivity contribution in [1.82, 2.24) is 4.98 Å². The lowest BCUT2D eigenvalue weighted by atomic mass is 10.3. The molecule has 0 amide bonds. The minimum Gasteiger partial charge on any atom is -0.400 e. The molecule has 0 unspecified atom stereocenters. The second-order valence-corrected chi connectivity index (χ2v) is 3.20. The summed E-state index contributed by atoms with van der Waals surface area (Å²) in [6.45, 7) is 0. The van der Waals surface area contributed by atoms with E-state index < -0.39 is 17.7 Å². The number of hydrogen-bond acceptors (Lipinski definition) is 3. The largest absolute Gasteiger partial charge is 0.573 e. The Morgan fingerprint density at radius 3 is 2.60 bits per heavy atom. The lowest BCUT2D eigenvalue weighted by molar-refractivity contribution is -0.275. The third-order valence-corrected chi connectivity index (χ3v) is 1.92. The van der Waals surface area contributed by atoms with Crippen LogP contribution in [0.2, 0.25) is 0 Å². The summed E-state index contributed by atoms with van der Waals surface area (Å²) in [5, 5.41) is 8.45. The van der Waals surface area contributed by atoms with Crippen molar-refractivity contribution in [3.05, 3.63) is 26.6 Å². The van der Waals surface area contributed by atoms with Crippen molar-refractivity contribution in [3.63, 3.8) is 0 Å². The van der Waals surface area contributed by atoms with Gasteiger partial charge in [0, 0.05) is 6.07 Å². The summed E-state index contributed by atoms with van der Waals surface area (Å²) in [4.78, 5) is 12.9. The zero-order valence-corrected chi connectivity index (χ0v) is 8.44. The molecular weight excluding hydrogens is 281 g/mol. The van der Waals surface area contributed by atoms with Gasteiger partial charge in [-0.25, -0.2) is 0 Å². The van der Waals surface area contributed by atoms with Gasteiger partial charge in [0.1, 0.15) is 11.8 Å². The van der Waals surface area contributed by atoms with Crippen LogP contribution in [-0.4, -0.2) is 11.3 Å². The number of nitrogens with zero attached hydrogens (tertiary/aromatic N) is 1. The van der Waals surface area contributed by atoms with Crippen molar-refractivity contribution in [2.75, 3.05) is 0 Å². The average molecular weight is 283 g/mol. The Labute approximate surface area is 89.4 Å². The highest BCUT2D eigenvalue weighted by molar-refractivity contribution is 9.10. The second-order valence-electron chi connectivity index (χ2n) is 2.35. The number of nitrogens with one attached hydrogen (secondary N) is 1. The fourth-order valence-corrected chi connectivity index (χ4v) is 1.17. The molecule has 1 heterocycles. The molecule has 0 radical (unpaired) electrons. The van der Waals surface area contributed by atoms with E-state index in [2.05, 4.69) is 20.7 Å². The number of alkyl halides is 3. The summed E-state index contributed by atoms with van der Waals surface area (Å²) in [6.07, 6.45) is -4.94. The summed E-state index contributed by atoms with van der Waals surface area (Å²) in [7, 11) is 0. The van der Waals surface area contributed by atoms with Crippen LogP contribution in [0.4, 0.5) is 13.2 Å². The number of aromatic nitrogens is 1. The molecule has 8 heteroatoms. The molecule has 1 aromatic rings. The van der Waals surface area contributed by atoms with Gasteiger partial charge in [0.15, 0.2) is 5.75 Å². The van der Waals surface area contributed by atoms with Crippen molar-refractivity contribution in [1.29, 1.82) is 5.26 Å². The maximum absolute atomic E-state index is 11.8. The minimum absolute atomic E-state index is 0.0175. The van der Waals surface area contributed by atoms with Crippen LogP contribution in [-0.2, 0) is 0 Å². The van der Waals surface area contributed by atoms with Crippen molar-refractivity contribution < 1.29 is 17.9 Å². The SMILES string of the molecule is N#Cc1[nH]c(=O)c(OC(F)(F)F)cc1Br. The highest BCUT2D eigenvalue weighted by Crippen LogP contribution is 2.23. The fourth-order valence-electron chi connectivity index (χ4n) is 0.769. The van der Waals surface area contributed by atoms with E-state index in [4.69, 9.17) is 5.26 Å². The van der Waals surface area contributed by atoms with Crippen LogP contribution < -0.4 is 10.3 Å². The summed E-state index contributed by atoms with van der Waals surface area (Å²) in [6, 6.07) is 2.37. The maximum atomic E-state index is 11.8. The van der Waals surface area contributed by atoms with Gasteiger partial charge in [0.2, 0.25) is 0 Å². The van der Waals surface area contributed by atoms with E-state index in [-0.39, 0.29) is 10.2 Å². The van der Waals surface area contributed by atoms with Crippen LogP contribution in [0, 0.1) is 11.3 Å². The molecule has 0 saturated carbocycles. The first-order valence-corrected chi connectivity index (χ1v) is 4.21. The van der Waals surface area contributed by atoms with E-state index in [9.17, 15) is 18.0 Å². The van der Waals surface area contributed by atoms with Crippen molar-refractivity contribution in [2.24, 2.45) is 0 Å². The van der Waals surface area contributed by atoms with E-state index in [1.807, 2.05) is 4.98 Å². The van der Waals surface area contributed by atoms with Crippen molar-refractivity contribution in [3.8, 4) is 11.8 Å². The molecule has 0 atom stereocenters. The molecule has 0 aliphatic carbocycles. The predicted octanol–water partition coefficient (Wildman–Crippen LogP) is 1.91. The molecule has 0 aromatic carbocycles. The molecule has 80 valence electrons. The highest BCUT2D eigenvalue weighted by atomic mass is 79.9. The Balaban J connectivity index is 3.19. The number of aromatic amines is 1. The van der Waals surface area contributed by atoms with Gasteiger partial charge in [-0.1, -0.05) is 0 Å². The quantitative estimate of drug-likeness (QED) is 0.856. The van der Waals surface area contributed by atoms with Gasteiger partial charge in [0.05, 0.1) is 4.47 Å². The Morgan fingerprint density at radius 2 is 2.13 bits per heavy atom. The number of H-pyrrole nitrogens is 1. The summed E-state index contributed by atoms with van der Waals surface area (Å²) >= 11 is 2.81. The Bertz CT molecular complexity index is 475. The predicted molar refractivity (Wildman–Crippen MR) is 46.2 cm³/mol. The lowest BCUT2D eigenvalue weighted by Gasteiger charge is -2.08. The Hall–Kier alpha value is -1.49. The number of pyridine rings is 1. The van der Waals surface area contributed by atoms with Gasteiger partial charge in [0.25, 0.3) is 5.56 Å². The minimum atomic E-state index is -4.94. The first-order valence-electron chi connectivity index (χ1n) is 3.42. The van der Waals surface area contributed by atoms with Crippen LogP contribution in [0.15, 0.2) is 15.3 Å². The first-order chi connectivity index (χ1) is 6.83. The molecule has 1 aromatic heterocycles. The zero-order valence-electron chi connectivity index (χ0n) is 6.85. The van der Waals surface area contributed by atoms with Gasteiger partial charge in [-0.2, -0.15) is 5.26 Å². The van der Waals surface area contributed by atoms with E-state index in [1.165, 1.54) is 0 Å². The number of hydrogen-bond donors (Lipinski definition) is 1. The van der Waals surface area contributed by atoms with Gasteiger partial charge < -0.3 is 9.72 Å². The van der Waals surface area contributed by atoms with E-state index in [0.29, 0.717) is 0 Å². The number of halogens is 4. The summed E-state index contributed by atoms with van der Waals surface area (Å²) < 4.78 is 38.8. The van der Waals surface area contributed by atoms with Crippen LogP contribution in [0.3, 0.4) is 0 Å². The highest BCUT2D eigenvalue weighted by Gasteiger charge is 2.32. The third kappa shape index (κ3) is 2.99. The molecule has 1 rings (SSSR count). The topological polar surface area (TPSA) is 65.9 Å². The molecule has 0 aliphatic rings. The maximum Gasteiger partial charge on any atom is 0.573 e. The van der Waals surface area contributed by atoms with Gasteiger partial charge in [-0.15, -0.1) is 13.2 Å². The average Bonchev–Trinajstić information content (AvgIpc) is 2.08. The molecule has 0 spiro atoms. The zero-order chi connectivity index (χ0) is 11.6. The lowest BCUT2D eigenvalue weighted by Crippen LogP contribution is -2.23. The van der Waals surface area contributed by atoms with Crippen LogP contribution in [0.5, 0.6) is 5.75 Å². The molecule has 4 nitrogen and oxygen atoms in total. The smallest absolute Gasteiger partial charge is 0.400 e. The van der Waals surface area contributed by atoms with Gasteiger partial charge in [-0.3, -0.25) is 4.79 Å². The Kier molecular flexibility index (Phi) is 3.04. The van der Waals surface area contributed by atoms with Gasteiger partial charge in [-0.05, 0) is 15.9 Å². The number of nitriles is 1. The van der Waals surface area contributed by atoms with Crippen LogP contribution in [0.25, 0.3) is 0 Å². The molecule has 0 fully saturated rings. The normalized spacial score (nSPS) is 10.9. The molecule has 0 saturated heterocycles. The summed E-state index contributed by atoms with van der Waals surface area (Å²) in [5.41, 5.74) is -1.29. The molecule has 15 heavy (non-hydrogen) atoms. The Morgan fingerprint density at radius 1 is 1.53 bits per heavy atom. The van der Waals surface area contributed by atoms with E-state index >= 15 is 0 Å². The number of rotatable bonds is 1. The molecule has 0 aliphatic heterocycles. The van der Waals surface area contributed by atoms with E-state index in [1.54, 1.807) is 6.07 Å². The molecule has 0 bridgehead atoms.